The van der Waals surface area contributed by atoms with E-state index < -0.39 is 12.2 Å². The Bertz CT molecular complexity index is 552. The molecule has 1 amide bonds. The molecular formula is C14H19N3O3S. The average Bonchev–Trinajstić information content (AvgIpc) is 3.18. The van der Waals surface area contributed by atoms with Gasteiger partial charge >= 0.3 is 0 Å². The molecule has 2 bridgehead atoms. The van der Waals surface area contributed by atoms with Crippen molar-refractivity contribution in [2.24, 2.45) is 17.8 Å². The molecule has 0 unspecified atom stereocenters. The summed E-state index contributed by atoms with van der Waals surface area (Å²) in [5, 5.41) is 23.6. The first-order valence-corrected chi connectivity index (χ1v) is 8.46. The summed E-state index contributed by atoms with van der Waals surface area (Å²) in [4.78, 5) is 16.5. The van der Waals surface area contributed by atoms with Gasteiger partial charge in [-0.05, 0) is 30.6 Å². The molecule has 5 atom stereocenters. The second-order valence-corrected chi connectivity index (χ2v) is 7.36. The predicted octanol–water partition coefficient (Wildman–Crippen LogP) is 0.0964. The SMILES string of the molecule is O=C(NC[C@H]1C[C@@H]2C[C@H]1[C@@H](O)[C@H]2O)c1cn2c(n1)SCC2. The van der Waals surface area contributed by atoms with Crippen LogP contribution in [0.1, 0.15) is 23.3 Å². The topological polar surface area (TPSA) is 87.4 Å². The maximum atomic E-state index is 12.2. The normalized spacial score (nSPS) is 37.0. The lowest BCUT2D eigenvalue weighted by Gasteiger charge is -2.29. The lowest BCUT2D eigenvalue weighted by molar-refractivity contribution is -0.0332. The van der Waals surface area contributed by atoms with E-state index >= 15 is 0 Å². The van der Waals surface area contributed by atoms with Gasteiger partial charge in [0.1, 0.15) is 5.69 Å². The van der Waals surface area contributed by atoms with E-state index in [-0.39, 0.29) is 23.7 Å². The van der Waals surface area contributed by atoms with E-state index in [2.05, 4.69) is 10.3 Å². The Balaban J connectivity index is 1.36. The zero-order valence-electron chi connectivity index (χ0n) is 11.6. The minimum absolute atomic E-state index is 0.118. The summed E-state index contributed by atoms with van der Waals surface area (Å²) in [6, 6.07) is 0. The van der Waals surface area contributed by atoms with Crippen molar-refractivity contribution in [3.8, 4) is 0 Å². The van der Waals surface area contributed by atoms with Gasteiger partial charge in [0.15, 0.2) is 5.16 Å². The van der Waals surface area contributed by atoms with Crippen molar-refractivity contribution in [3.63, 3.8) is 0 Å². The number of carbonyl (C=O) groups is 1. The van der Waals surface area contributed by atoms with E-state index in [1.54, 1.807) is 11.8 Å². The molecule has 6 nitrogen and oxygen atoms in total. The summed E-state index contributed by atoms with van der Waals surface area (Å²) >= 11 is 1.67. The number of fused-ring (bicyclic) bond motifs is 3. The second-order valence-electron chi connectivity index (χ2n) is 6.30. The van der Waals surface area contributed by atoms with Gasteiger partial charge in [-0.2, -0.15) is 0 Å². The highest BCUT2D eigenvalue weighted by molar-refractivity contribution is 7.99. The summed E-state index contributed by atoms with van der Waals surface area (Å²) in [6.07, 6.45) is 2.37. The molecule has 2 aliphatic carbocycles. The minimum Gasteiger partial charge on any atom is -0.390 e. The zero-order chi connectivity index (χ0) is 14.6. The van der Waals surface area contributed by atoms with E-state index in [1.807, 2.05) is 10.8 Å². The molecular weight excluding hydrogens is 290 g/mol. The van der Waals surface area contributed by atoms with Crippen molar-refractivity contribution in [3.05, 3.63) is 11.9 Å². The number of thioether (sulfide) groups is 1. The predicted molar refractivity (Wildman–Crippen MR) is 77.0 cm³/mol. The van der Waals surface area contributed by atoms with Gasteiger partial charge in [-0.15, -0.1) is 0 Å². The van der Waals surface area contributed by atoms with Crippen molar-refractivity contribution in [2.75, 3.05) is 12.3 Å². The van der Waals surface area contributed by atoms with Crippen LogP contribution in [0.15, 0.2) is 11.4 Å². The number of nitrogens with one attached hydrogen (secondary N) is 1. The molecule has 0 spiro atoms. The monoisotopic (exact) mass is 309 g/mol. The minimum atomic E-state index is -0.626. The lowest BCUT2D eigenvalue weighted by atomic mass is 9.85. The highest BCUT2D eigenvalue weighted by Crippen LogP contribution is 2.48. The van der Waals surface area contributed by atoms with Crippen molar-refractivity contribution < 1.29 is 15.0 Å². The van der Waals surface area contributed by atoms with Crippen LogP contribution < -0.4 is 5.32 Å². The first-order chi connectivity index (χ1) is 10.1. The van der Waals surface area contributed by atoms with Crippen molar-refractivity contribution in [2.45, 2.75) is 36.8 Å². The standard InChI is InChI=1S/C14H19N3O3S/c18-11-7-3-8(9(4-7)12(11)19)5-15-13(20)10-6-17-1-2-21-14(17)16-10/h6-9,11-12,18-19H,1-5H2,(H,15,20)/t7-,8-,9-,11+,12-/m1/s1. The molecule has 2 fully saturated rings. The molecule has 3 aliphatic rings. The van der Waals surface area contributed by atoms with Gasteiger partial charge in [0, 0.05) is 25.0 Å². The van der Waals surface area contributed by atoms with Gasteiger partial charge < -0.3 is 20.1 Å². The lowest BCUT2D eigenvalue weighted by Crippen LogP contribution is -2.41. The Morgan fingerprint density at radius 2 is 2.29 bits per heavy atom. The van der Waals surface area contributed by atoms with Crippen molar-refractivity contribution >= 4 is 17.7 Å². The van der Waals surface area contributed by atoms with Crippen LogP contribution in [0.5, 0.6) is 0 Å². The first kappa shape index (κ1) is 13.6. The zero-order valence-corrected chi connectivity index (χ0v) is 12.4. The largest absolute Gasteiger partial charge is 0.390 e. The van der Waals surface area contributed by atoms with Crippen molar-refractivity contribution in [1.29, 1.82) is 0 Å². The molecule has 0 aromatic carbocycles. The van der Waals surface area contributed by atoms with Crippen LogP contribution in [-0.4, -0.2) is 50.2 Å². The fourth-order valence-electron chi connectivity index (χ4n) is 4.00. The molecule has 2 saturated carbocycles. The van der Waals surface area contributed by atoms with E-state index in [9.17, 15) is 15.0 Å². The number of nitrogens with zero attached hydrogens (tertiary/aromatic N) is 2. The smallest absolute Gasteiger partial charge is 0.271 e. The van der Waals surface area contributed by atoms with Crippen LogP contribution in [0.2, 0.25) is 0 Å². The van der Waals surface area contributed by atoms with Crippen LogP contribution >= 0.6 is 11.8 Å². The van der Waals surface area contributed by atoms with Gasteiger partial charge in [-0.3, -0.25) is 4.79 Å². The number of aromatic nitrogens is 2. The highest BCUT2D eigenvalue weighted by Gasteiger charge is 2.51. The summed E-state index contributed by atoms with van der Waals surface area (Å²) in [5.41, 5.74) is 0.473. The molecule has 1 aromatic heterocycles. The van der Waals surface area contributed by atoms with E-state index in [0.29, 0.717) is 12.2 Å². The third-order valence-electron chi connectivity index (χ3n) is 5.12. The Kier molecular flexibility index (Phi) is 3.24. The molecule has 114 valence electrons. The molecule has 1 aliphatic heterocycles. The number of carbonyl (C=O) groups excluding carboxylic acids is 1. The van der Waals surface area contributed by atoms with Gasteiger partial charge in [-0.25, -0.2) is 4.98 Å². The molecule has 3 N–H and O–H groups in total. The number of aliphatic hydroxyl groups is 2. The average molecular weight is 309 g/mol. The first-order valence-electron chi connectivity index (χ1n) is 7.48. The molecule has 0 saturated heterocycles. The van der Waals surface area contributed by atoms with Gasteiger partial charge in [0.25, 0.3) is 5.91 Å². The summed E-state index contributed by atoms with van der Waals surface area (Å²) in [6.45, 7) is 1.47. The third kappa shape index (κ3) is 2.18. The summed E-state index contributed by atoms with van der Waals surface area (Å²) < 4.78 is 2.01. The molecule has 4 rings (SSSR count). The van der Waals surface area contributed by atoms with Crippen LogP contribution in [0.3, 0.4) is 0 Å². The van der Waals surface area contributed by atoms with Crippen LogP contribution in [0, 0.1) is 17.8 Å². The number of amides is 1. The van der Waals surface area contributed by atoms with Gasteiger partial charge in [0.05, 0.1) is 12.2 Å². The van der Waals surface area contributed by atoms with E-state index in [4.69, 9.17) is 0 Å². The third-order valence-corrected chi connectivity index (χ3v) is 6.09. The molecule has 0 radical (unpaired) electrons. The fraction of sp³-hybridized carbons (Fsp3) is 0.714. The quantitative estimate of drug-likeness (QED) is 0.737. The maximum absolute atomic E-state index is 12.2. The Morgan fingerprint density at radius 1 is 1.43 bits per heavy atom. The Morgan fingerprint density at radius 3 is 3.00 bits per heavy atom. The number of aliphatic hydroxyl groups excluding tert-OH is 2. The van der Waals surface area contributed by atoms with E-state index in [1.165, 1.54) is 0 Å². The fourth-order valence-corrected chi connectivity index (χ4v) is 4.94. The van der Waals surface area contributed by atoms with Crippen LogP contribution in [-0.2, 0) is 6.54 Å². The maximum Gasteiger partial charge on any atom is 0.271 e. The number of aryl methyl sites for hydroxylation is 1. The number of hydrogen-bond acceptors (Lipinski definition) is 5. The van der Waals surface area contributed by atoms with Gasteiger partial charge in [0.2, 0.25) is 0 Å². The Labute approximate surface area is 126 Å². The summed E-state index contributed by atoms with van der Waals surface area (Å²) in [5.74, 6) is 1.46. The van der Waals surface area contributed by atoms with Crippen LogP contribution in [0.4, 0.5) is 0 Å². The number of imidazole rings is 1. The van der Waals surface area contributed by atoms with Gasteiger partial charge in [-0.1, -0.05) is 11.8 Å². The summed E-state index contributed by atoms with van der Waals surface area (Å²) in [7, 11) is 0. The van der Waals surface area contributed by atoms with Crippen molar-refractivity contribution in [1.82, 2.24) is 14.9 Å². The Hall–Kier alpha value is -1.05. The van der Waals surface area contributed by atoms with Crippen LogP contribution in [0.25, 0.3) is 0 Å². The van der Waals surface area contributed by atoms with E-state index in [0.717, 1.165) is 30.3 Å². The number of hydrogen-bond donors (Lipinski definition) is 3. The highest BCUT2D eigenvalue weighted by atomic mass is 32.2. The molecule has 1 aromatic rings. The molecule has 2 heterocycles. The second kappa shape index (κ2) is 5.00. The number of rotatable bonds is 3. The molecule has 7 heteroatoms. The molecule has 21 heavy (non-hydrogen) atoms.